The van der Waals surface area contributed by atoms with Crippen molar-refractivity contribution in [2.45, 2.75) is 45.0 Å². The molecule has 1 fully saturated rings. The highest BCUT2D eigenvalue weighted by Gasteiger charge is 2.33. The number of ether oxygens (including phenoxy) is 1. The molecule has 2 atom stereocenters. The monoisotopic (exact) mass is 526 g/mol. The first-order valence-electron chi connectivity index (χ1n) is 11.7. The van der Waals surface area contributed by atoms with Crippen LogP contribution >= 0.6 is 22.7 Å². The van der Waals surface area contributed by atoms with Gasteiger partial charge < -0.3 is 19.4 Å². The third-order valence-corrected chi connectivity index (χ3v) is 7.60. The first kappa shape index (κ1) is 24.3. The highest BCUT2D eigenvalue weighted by atomic mass is 32.1. The van der Waals surface area contributed by atoms with E-state index in [1.165, 1.54) is 27.5 Å². The number of carbonyl (C=O) groups is 2. The molecule has 5 rings (SSSR count). The van der Waals surface area contributed by atoms with Gasteiger partial charge in [0.15, 0.2) is 5.76 Å². The van der Waals surface area contributed by atoms with Gasteiger partial charge in [0.05, 0.1) is 12.6 Å². The van der Waals surface area contributed by atoms with Gasteiger partial charge in [0, 0.05) is 22.9 Å². The van der Waals surface area contributed by atoms with Gasteiger partial charge in [-0.2, -0.15) is 4.80 Å². The molecule has 36 heavy (non-hydrogen) atoms. The molecule has 1 aliphatic rings. The van der Waals surface area contributed by atoms with Gasteiger partial charge in [-0.1, -0.05) is 12.1 Å². The van der Waals surface area contributed by atoms with E-state index >= 15 is 0 Å². The molecule has 1 aliphatic heterocycles. The van der Waals surface area contributed by atoms with E-state index < -0.39 is 6.04 Å². The van der Waals surface area contributed by atoms with E-state index in [1.807, 2.05) is 48.0 Å². The van der Waals surface area contributed by atoms with Gasteiger partial charge in [0.2, 0.25) is 17.6 Å². The molecule has 0 spiro atoms. The minimum Gasteiger partial charge on any atom is -0.458 e. The highest BCUT2D eigenvalue weighted by Crippen LogP contribution is 2.29. The summed E-state index contributed by atoms with van der Waals surface area (Å²) in [4.78, 5) is 31.7. The molecule has 10 nitrogen and oxygen atoms in total. The van der Waals surface area contributed by atoms with Gasteiger partial charge in [-0.05, 0) is 60.0 Å². The molecule has 1 N–H and O–H groups in total. The number of nitrogens with zero attached hydrogens (tertiary/aromatic N) is 5. The average molecular weight is 527 g/mol. The third-order valence-electron chi connectivity index (χ3n) is 5.82. The van der Waals surface area contributed by atoms with Crippen molar-refractivity contribution in [1.29, 1.82) is 0 Å². The van der Waals surface area contributed by atoms with E-state index in [4.69, 9.17) is 9.15 Å². The van der Waals surface area contributed by atoms with Crippen LogP contribution in [0, 0.1) is 6.92 Å². The van der Waals surface area contributed by atoms with Crippen molar-refractivity contribution >= 4 is 34.5 Å². The van der Waals surface area contributed by atoms with E-state index in [0.29, 0.717) is 24.7 Å². The molecule has 4 aromatic rings. The first-order chi connectivity index (χ1) is 17.6. The first-order valence-corrected chi connectivity index (χ1v) is 13.4. The Balaban J connectivity index is 1.38. The summed E-state index contributed by atoms with van der Waals surface area (Å²) in [5, 5.41) is 19.2. The molecule has 12 heteroatoms. The molecule has 0 aliphatic carbocycles. The van der Waals surface area contributed by atoms with E-state index in [0.717, 1.165) is 28.4 Å². The van der Waals surface area contributed by atoms with Gasteiger partial charge in [-0.15, -0.1) is 32.9 Å². The Morgan fingerprint density at radius 1 is 1.22 bits per heavy atom. The number of amides is 2. The number of hydrogen-bond acceptors (Lipinski definition) is 9. The Labute approximate surface area is 215 Å². The fourth-order valence-corrected chi connectivity index (χ4v) is 5.59. The van der Waals surface area contributed by atoms with Crippen LogP contribution in [0.15, 0.2) is 51.6 Å². The van der Waals surface area contributed by atoms with Crippen LogP contribution < -0.4 is 5.32 Å². The number of furan rings is 1. The molecular weight excluding hydrogens is 500 g/mol. The maximum atomic E-state index is 13.7. The average Bonchev–Trinajstić information content (AvgIpc) is 3.68. The fraction of sp³-hybridized carbons (Fsp3) is 0.375. The lowest BCUT2D eigenvalue weighted by Crippen LogP contribution is -2.45. The standard InChI is InChI=1S/C24H26N6O4S2/c1-16-8-9-19(34-16)23-26-28-30(27-23)15-21(31)29(14-18-6-3-11-35-18)22(20-7-4-12-36-20)24(32)25-13-17-5-2-10-33-17/h3-4,6-9,11-12,17,22H,2,5,10,13-15H2,1H3,(H,25,32)/t17-,22-/m1/s1. The number of tetrazole rings is 1. The van der Waals surface area contributed by atoms with Crippen LogP contribution in [-0.4, -0.2) is 56.2 Å². The summed E-state index contributed by atoms with van der Waals surface area (Å²) in [6, 6.07) is 10.4. The summed E-state index contributed by atoms with van der Waals surface area (Å²) in [6.07, 6.45) is 1.90. The van der Waals surface area contributed by atoms with Crippen molar-refractivity contribution in [3.63, 3.8) is 0 Å². The summed E-state index contributed by atoms with van der Waals surface area (Å²) >= 11 is 2.97. The minimum absolute atomic E-state index is 0.00221. The predicted molar refractivity (Wildman–Crippen MR) is 134 cm³/mol. The van der Waals surface area contributed by atoms with Crippen LogP contribution in [0.25, 0.3) is 11.6 Å². The van der Waals surface area contributed by atoms with E-state index in [2.05, 4.69) is 20.7 Å². The zero-order chi connectivity index (χ0) is 24.9. The quantitative estimate of drug-likeness (QED) is 0.337. The molecule has 0 radical (unpaired) electrons. The Hall–Kier alpha value is -3.35. The molecule has 1 saturated heterocycles. The topological polar surface area (TPSA) is 115 Å². The summed E-state index contributed by atoms with van der Waals surface area (Å²) in [5.74, 6) is 0.966. The third kappa shape index (κ3) is 5.72. The number of nitrogens with one attached hydrogen (secondary N) is 1. The Morgan fingerprint density at radius 2 is 2.08 bits per heavy atom. The number of rotatable bonds is 10. The normalized spacial score (nSPS) is 16.2. The highest BCUT2D eigenvalue weighted by molar-refractivity contribution is 7.10. The molecule has 0 aromatic carbocycles. The van der Waals surface area contributed by atoms with Crippen LogP contribution in [0.1, 0.15) is 34.4 Å². The van der Waals surface area contributed by atoms with Gasteiger partial charge in [-0.3, -0.25) is 9.59 Å². The second-order valence-electron chi connectivity index (χ2n) is 8.45. The lowest BCUT2D eigenvalue weighted by Gasteiger charge is -2.30. The molecule has 5 heterocycles. The summed E-state index contributed by atoms with van der Waals surface area (Å²) in [5.41, 5.74) is 0. The number of carbonyl (C=O) groups excluding carboxylic acids is 2. The van der Waals surface area contributed by atoms with Gasteiger partial charge in [0.1, 0.15) is 18.3 Å². The Bertz CT molecular complexity index is 1280. The lowest BCUT2D eigenvalue weighted by atomic mass is 10.1. The van der Waals surface area contributed by atoms with E-state index in [9.17, 15) is 9.59 Å². The van der Waals surface area contributed by atoms with E-state index in [1.54, 1.807) is 11.0 Å². The molecule has 0 saturated carbocycles. The summed E-state index contributed by atoms with van der Waals surface area (Å²) in [6.45, 7) is 3.07. The zero-order valence-corrected chi connectivity index (χ0v) is 21.3. The smallest absolute Gasteiger partial charge is 0.248 e. The Kier molecular flexibility index (Phi) is 7.54. The summed E-state index contributed by atoms with van der Waals surface area (Å²) < 4.78 is 11.2. The van der Waals surface area contributed by atoms with Crippen molar-refractivity contribution in [1.82, 2.24) is 30.4 Å². The van der Waals surface area contributed by atoms with Gasteiger partial charge in [0.25, 0.3) is 0 Å². The van der Waals surface area contributed by atoms with Gasteiger partial charge >= 0.3 is 0 Å². The second-order valence-corrected chi connectivity index (χ2v) is 10.5. The van der Waals surface area contributed by atoms with Crippen molar-refractivity contribution in [3.05, 3.63) is 62.7 Å². The van der Waals surface area contributed by atoms with Crippen LogP contribution in [0.3, 0.4) is 0 Å². The predicted octanol–water partition coefficient (Wildman–Crippen LogP) is 3.43. The molecule has 188 valence electrons. The second kappa shape index (κ2) is 11.1. The number of hydrogen-bond donors (Lipinski definition) is 1. The van der Waals surface area contributed by atoms with Crippen LogP contribution in [0.2, 0.25) is 0 Å². The maximum Gasteiger partial charge on any atom is 0.248 e. The van der Waals surface area contributed by atoms with Crippen LogP contribution in [0.5, 0.6) is 0 Å². The Morgan fingerprint density at radius 3 is 2.78 bits per heavy atom. The minimum atomic E-state index is -0.795. The molecule has 0 unspecified atom stereocenters. The molecule has 0 bridgehead atoms. The van der Waals surface area contributed by atoms with Crippen molar-refractivity contribution in [3.8, 4) is 11.6 Å². The van der Waals surface area contributed by atoms with Crippen molar-refractivity contribution in [2.24, 2.45) is 0 Å². The largest absolute Gasteiger partial charge is 0.458 e. The molecular formula is C24H26N6O4S2. The molecule has 2 amide bonds. The van der Waals surface area contributed by atoms with Gasteiger partial charge in [-0.25, -0.2) is 0 Å². The molecule has 4 aromatic heterocycles. The fourth-order valence-electron chi connectivity index (χ4n) is 4.06. The van der Waals surface area contributed by atoms with Crippen molar-refractivity contribution < 1.29 is 18.7 Å². The summed E-state index contributed by atoms with van der Waals surface area (Å²) in [7, 11) is 0. The van der Waals surface area contributed by atoms with Crippen LogP contribution in [-0.2, 0) is 27.4 Å². The maximum absolute atomic E-state index is 13.7. The zero-order valence-electron chi connectivity index (χ0n) is 19.7. The van der Waals surface area contributed by atoms with Crippen LogP contribution in [0.4, 0.5) is 0 Å². The number of thiophene rings is 2. The number of aryl methyl sites for hydroxylation is 1. The lowest BCUT2D eigenvalue weighted by molar-refractivity contribution is -0.142. The SMILES string of the molecule is Cc1ccc(-c2nnn(CC(=O)N(Cc3cccs3)[C@@H](C(=O)NC[C@H]3CCCO3)c3cccs3)n2)o1. The van der Waals surface area contributed by atoms with E-state index in [-0.39, 0.29) is 31.0 Å². The number of aromatic nitrogens is 4. The van der Waals surface area contributed by atoms with Crippen molar-refractivity contribution in [2.75, 3.05) is 13.2 Å².